The molecular formula is C53H59N5O9PSi+. The van der Waals surface area contributed by atoms with E-state index in [0.29, 0.717) is 34.0 Å². The third-order valence-electron chi connectivity index (χ3n) is 13.0. The first-order valence-electron chi connectivity index (χ1n) is 23.1. The Morgan fingerprint density at radius 2 is 1.23 bits per heavy atom. The first kappa shape index (κ1) is 49.1. The van der Waals surface area contributed by atoms with E-state index >= 15 is 0 Å². The number of carbonyl (C=O) groups is 1. The number of amides is 1. The van der Waals surface area contributed by atoms with E-state index < -0.39 is 46.7 Å². The Morgan fingerprint density at radius 3 is 1.78 bits per heavy atom. The van der Waals surface area contributed by atoms with Crippen molar-refractivity contribution < 1.29 is 41.8 Å². The van der Waals surface area contributed by atoms with Crippen LogP contribution in [-0.2, 0) is 28.6 Å². The summed E-state index contributed by atoms with van der Waals surface area (Å²) in [6.07, 6.45) is -0.865. The maximum absolute atomic E-state index is 14.3. The van der Waals surface area contributed by atoms with E-state index in [4.69, 9.17) is 42.4 Å². The standard InChI is InChI=1S/C53H58N5O9PSi/c1-35(2)69(36(3)4,37(5)6)67-48-47(66-68(60)65-44-22-16-11-17-23-44)45(64-52(48)58-34-56-46-49(54-33-55-50(46)58)57-51(59)38-18-12-9-13-19-38)32-63-53(39-20-14-10-15-21-39,40-24-28-42(61-7)29-25-40)41-26-30-43(62-8)31-27-41/h9-31,33-37,45,47-48,52H,32H2,1-8H3/p+1/t45-,47+,48-,52-/m1/s1. The van der Waals surface area contributed by atoms with Crippen molar-refractivity contribution in [3.05, 3.63) is 174 Å². The number of benzene rings is 5. The third-order valence-corrected chi connectivity index (χ3v) is 19.9. The second-order valence-corrected chi connectivity index (χ2v) is 24.1. The zero-order valence-electron chi connectivity index (χ0n) is 40.1. The van der Waals surface area contributed by atoms with E-state index in [9.17, 15) is 9.36 Å². The fourth-order valence-electron chi connectivity index (χ4n) is 9.83. The largest absolute Gasteiger partial charge is 0.750 e. The number of hydrogen-bond donors (Lipinski definition) is 1. The van der Waals surface area contributed by atoms with Crippen molar-refractivity contribution in [1.29, 1.82) is 0 Å². The van der Waals surface area contributed by atoms with Gasteiger partial charge in [-0.3, -0.25) is 9.36 Å². The van der Waals surface area contributed by atoms with Gasteiger partial charge in [0.15, 0.2) is 35.1 Å². The van der Waals surface area contributed by atoms with Gasteiger partial charge in [0.2, 0.25) is 8.32 Å². The van der Waals surface area contributed by atoms with Crippen molar-refractivity contribution in [2.45, 2.75) is 88.3 Å². The molecule has 358 valence electrons. The molecule has 3 heterocycles. The maximum atomic E-state index is 14.3. The summed E-state index contributed by atoms with van der Waals surface area (Å²) in [4.78, 5) is 27.3. The molecule has 0 radical (unpaired) electrons. The lowest BCUT2D eigenvalue weighted by atomic mass is 9.80. The SMILES string of the molecule is COc1ccc(C(OC[C@H]2O[C@@H](n3cnc4c(NC(=O)c5ccccc5)ncnc43)[C@H](O[Si](C(C)C)(C(C)C)C(C)C)[C@H]2O[P+](=O)Oc2ccccc2)(c2ccccc2)c2ccc(OC)cc2)cc1. The van der Waals surface area contributed by atoms with E-state index in [1.807, 2.05) is 91.0 Å². The fraction of sp³-hybridized carbons (Fsp3) is 0.321. The highest BCUT2D eigenvalue weighted by Gasteiger charge is 2.58. The van der Waals surface area contributed by atoms with Gasteiger partial charge in [0.05, 0.1) is 27.2 Å². The van der Waals surface area contributed by atoms with Gasteiger partial charge >= 0.3 is 8.25 Å². The molecule has 16 heteroatoms. The number of rotatable bonds is 20. The summed E-state index contributed by atoms with van der Waals surface area (Å²) in [6.45, 7) is 13.1. The number of imidazole rings is 1. The number of methoxy groups -OCH3 is 2. The summed E-state index contributed by atoms with van der Waals surface area (Å²) in [7, 11) is -2.36. The van der Waals surface area contributed by atoms with Gasteiger partial charge in [-0.15, -0.1) is 4.52 Å². The van der Waals surface area contributed by atoms with Crippen LogP contribution >= 0.6 is 8.25 Å². The average Bonchev–Trinajstić information content (AvgIpc) is 3.95. The number of fused-ring (bicyclic) bond motifs is 1. The van der Waals surface area contributed by atoms with Crippen LogP contribution in [0.2, 0.25) is 16.6 Å². The number of carbonyl (C=O) groups excluding carboxylic acids is 1. The zero-order valence-corrected chi connectivity index (χ0v) is 42.0. The first-order valence-corrected chi connectivity index (χ1v) is 26.4. The minimum absolute atomic E-state index is 0.0952. The highest BCUT2D eigenvalue weighted by atomic mass is 31.1. The van der Waals surface area contributed by atoms with Crippen LogP contribution in [0.15, 0.2) is 152 Å². The lowest BCUT2D eigenvalue weighted by molar-refractivity contribution is -0.0920. The van der Waals surface area contributed by atoms with E-state index in [2.05, 4.69) is 51.8 Å². The van der Waals surface area contributed by atoms with Gasteiger partial charge in [-0.2, -0.15) is 0 Å². The lowest BCUT2D eigenvalue weighted by Crippen LogP contribution is -2.53. The normalized spacial score (nSPS) is 17.6. The van der Waals surface area contributed by atoms with Crippen molar-refractivity contribution in [1.82, 2.24) is 19.5 Å². The molecule has 2 aromatic heterocycles. The quantitative estimate of drug-likeness (QED) is 0.0439. The summed E-state index contributed by atoms with van der Waals surface area (Å²) in [5, 5.41) is 2.92. The van der Waals surface area contributed by atoms with Crippen LogP contribution in [0.25, 0.3) is 11.2 Å². The Morgan fingerprint density at radius 1 is 0.696 bits per heavy atom. The number of nitrogens with one attached hydrogen (secondary N) is 1. The fourth-order valence-corrected chi connectivity index (χ4v) is 16.2. The van der Waals surface area contributed by atoms with E-state index in [0.717, 1.165) is 16.7 Å². The van der Waals surface area contributed by atoms with Crippen LogP contribution in [0, 0.1) is 0 Å². The van der Waals surface area contributed by atoms with E-state index in [1.54, 1.807) is 73.6 Å². The van der Waals surface area contributed by atoms with Gasteiger partial charge in [-0.05, 0) is 81.8 Å². The van der Waals surface area contributed by atoms with Gasteiger partial charge in [0, 0.05) is 10.1 Å². The Hall–Kier alpha value is -6.32. The maximum Gasteiger partial charge on any atom is 0.750 e. The van der Waals surface area contributed by atoms with Crippen LogP contribution in [0.3, 0.4) is 0 Å². The van der Waals surface area contributed by atoms with Gasteiger partial charge in [-0.1, -0.05) is 133 Å². The number of aromatic nitrogens is 4. The number of hydrogen-bond acceptors (Lipinski definition) is 12. The first-order chi connectivity index (χ1) is 33.4. The second-order valence-electron chi connectivity index (χ2n) is 17.8. The topological polar surface area (TPSA) is 154 Å². The van der Waals surface area contributed by atoms with E-state index in [-0.39, 0.29) is 35.0 Å². The van der Waals surface area contributed by atoms with Crippen LogP contribution in [0.4, 0.5) is 5.82 Å². The molecule has 0 saturated carbocycles. The summed E-state index contributed by atoms with van der Waals surface area (Å²) < 4.78 is 62.4. The number of anilines is 1. The highest BCUT2D eigenvalue weighted by Crippen LogP contribution is 2.50. The second kappa shape index (κ2) is 21.5. The molecule has 1 aliphatic rings. The van der Waals surface area contributed by atoms with Crippen LogP contribution in [0.5, 0.6) is 17.2 Å². The summed E-state index contributed by atoms with van der Waals surface area (Å²) in [5.74, 6) is 1.60. The average molecular weight is 969 g/mol. The molecule has 8 rings (SSSR count). The predicted molar refractivity (Wildman–Crippen MR) is 267 cm³/mol. The summed E-state index contributed by atoms with van der Waals surface area (Å²) in [6, 6.07) is 43.3. The van der Waals surface area contributed by atoms with Gasteiger partial charge in [-0.25, -0.2) is 19.5 Å². The monoisotopic (exact) mass is 968 g/mol. The Kier molecular flexibility index (Phi) is 15.3. The third kappa shape index (κ3) is 10.1. The van der Waals surface area contributed by atoms with Crippen LogP contribution in [-0.4, -0.2) is 72.9 Å². The van der Waals surface area contributed by atoms with Crippen LogP contribution in [0.1, 0.15) is 74.8 Å². The van der Waals surface area contributed by atoms with Crippen molar-refractivity contribution in [3.63, 3.8) is 0 Å². The molecule has 5 aromatic carbocycles. The highest BCUT2D eigenvalue weighted by molar-refractivity contribution is 7.33. The molecule has 0 aliphatic carbocycles. The Bertz CT molecular complexity index is 2730. The molecule has 1 N–H and O–H groups in total. The smallest absolute Gasteiger partial charge is 0.497 e. The molecule has 0 bridgehead atoms. The van der Waals surface area contributed by atoms with Crippen LogP contribution < -0.4 is 19.3 Å². The Labute approximate surface area is 405 Å². The Balaban J connectivity index is 1.28. The van der Waals surface area contributed by atoms with Gasteiger partial charge in [0.1, 0.15) is 35.6 Å². The number of ether oxygens (including phenoxy) is 4. The molecule has 1 saturated heterocycles. The minimum Gasteiger partial charge on any atom is -0.497 e. The minimum atomic E-state index is -2.81. The molecule has 1 amide bonds. The van der Waals surface area contributed by atoms with Gasteiger partial charge in [0.25, 0.3) is 5.91 Å². The van der Waals surface area contributed by atoms with Gasteiger partial charge < -0.3 is 28.7 Å². The van der Waals surface area contributed by atoms with Crippen molar-refractivity contribution in [2.75, 3.05) is 26.1 Å². The van der Waals surface area contributed by atoms with Crippen molar-refractivity contribution >= 4 is 39.5 Å². The summed E-state index contributed by atoms with van der Waals surface area (Å²) >= 11 is 0. The molecule has 5 atom stereocenters. The van der Waals surface area contributed by atoms with Crippen molar-refractivity contribution in [2.24, 2.45) is 0 Å². The molecular weight excluding hydrogens is 910 g/mol. The molecule has 0 spiro atoms. The van der Waals surface area contributed by atoms with Crippen molar-refractivity contribution in [3.8, 4) is 17.2 Å². The predicted octanol–water partition coefficient (Wildman–Crippen LogP) is 11.7. The lowest BCUT2D eigenvalue weighted by Gasteiger charge is -2.45. The molecule has 69 heavy (non-hydrogen) atoms. The number of nitrogens with zero attached hydrogens (tertiary/aromatic N) is 4. The molecule has 14 nitrogen and oxygen atoms in total. The molecule has 7 aromatic rings. The molecule has 1 unspecified atom stereocenters. The molecule has 1 fully saturated rings. The molecule has 1 aliphatic heterocycles. The summed E-state index contributed by atoms with van der Waals surface area (Å²) in [5.41, 5.74) is 2.81. The number of para-hydroxylation sites is 1. The van der Waals surface area contributed by atoms with E-state index in [1.165, 1.54) is 6.33 Å². The zero-order chi connectivity index (χ0) is 48.7.